The summed E-state index contributed by atoms with van der Waals surface area (Å²) in [4.78, 5) is 10.7. The molecule has 1 fully saturated rings. The molecule has 1 aromatic rings. The fourth-order valence-corrected chi connectivity index (χ4v) is 3.69. The summed E-state index contributed by atoms with van der Waals surface area (Å²) in [6.07, 6.45) is 2.63. The molecular formula is C15H23N3O5S. The van der Waals surface area contributed by atoms with Gasteiger partial charge in [0.05, 0.1) is 9.82 Å². The summed E-state index contributed by atoms with van der Waals surface area (Å²) in [5.41, 5.74) is 0.102. The van der Waals surface area contributed by atoms with E-state index in [0.717, 1.165) is 25.3 Å². The van der Waals surface area contributed by atoms with E-state index in [1.165, 1.54) is 19.2 Å². The molecule has 1 saturated heterocycles. The van der Waals surface area contributed by atoms with Gasteiger partial charge in [-0.25, -0.2) is 13.1 Å². The molecule has 0 unspecified atom stereocenters. The van der Waals surface area contributed by atoms with E-state index in [1.54, 1.807) is 0 Å². The fourth-order valence-electron chi connectivity index (χ4n) is 2.94. The topological polar surface area (TPSA) is 111 Å². The second kappa shape index (κ2) is 7.91. The van der Waals surface area contributed by atoms with Gasteiger partial charge in [-0.1, -0.05) is 6.92 Å². The van der Waals surface area contributed by atoms with Crippen molar-refractivity contribution >= 4 is 21.4 Å². The van der Waals surface area contributed by atoms with Crippen LogP contribution < -0.4 is 10.0 Å². The number of hydrogen-bond acceptors (Lipinski definition) is 6. The van der Waals surface area contributed by atoms with E-state index in [9.17, 15) is 18.5 Å². The van der Waals surface area contributed by atoms with Gasteiger partial charge < -0.3 is 10.1 Å². The normalized spacial score (nSPS) is 17.4. The molecule has 1 atom stereocenters. The summed E-state index contributed by atoms with van der Waals surface area (Å²) in [6.45, 7) is 3.42. The van der Waals surface area contributed by atoms with Gasteiger partial charge >= 0.3 is 0 Å². The molecule has 9 heteroatoms. The number of ether oxygens (including phenoxy) is 1. The number of rotatable bonds is 7. The molecule has 134 valence electrons. The van der Waals surface area contributed by atoms with Crippen molar-refractivity contribution in [3.8, 4) is 0 Å². The van der Waals surface area contributed by atoms with Gasteiger partial charge in [0.1, 0.15) is 5.69 Å². The van der Waals surface area contributed by atoms with E-state index >= 15 is 0 Å². The third-order valence-corrected chi connectivity index (χ3v) is 5.77. The number of sulfonamides is 1. The number of benzene rings is 1. The number of nitrogens with one attached hydrogen (secondary N) is 2. The summed E-state index contributed by atoms with van der Waals surface area (Å²) in [7, 11) is -2.45. The molecule has 0 bridgehead atoms. The van der Waals surface area contributed by atoms with Crippen molar-refractivity contribution in [2.45, 2.75) is 37.1 Å². The van der Waals surface area contributed by atoms with Crippen LogP contribution in [0.15, 0.2) is 23.1 Å². The smallest absolute Gasteiger partial charge is 0.293 e. The van der Waals surface area contributed by atoms with E-state index < -0.39 is 14.9 Å². The molecule has 24 heavy (non-hydrogen) atoms. The summed E-state index contributed by atoms with van der Waals surface area (Å²) in [5.74, 6) is 0.379. The summed E-state index contributed by atoms with van der Waals surface area (Å²) < 4.78 is 31.2. The maximum Gasteiger partial charge on any atom is 0.293 e. The van der Waals surface area contributed by atoms with Crippen molar-refractivity contribution in [3.63, 3.8) is 0 Å². The standard InChI is InChI=1S/C15H23N3O5S/c1-3-13(11-6-8-23-9-7-11)17-14-5-4-12(24(21,22)16-2)10-15(14)18(19)20/h4-5,10-11,13,16-17H,3,6-9H2,1-2H3/t13-/m1/s1. The van der Waals surface area contributed by atoms with Gasteiger partial charge in [-0.05, 0) is 44.4 Å². The highest BCUT2D eigenvalue weighted by atomic mass is 32.2. The highest BCUT2D eigenvalue weighted by molar-refractivity contribution is 7.89. The lowest BCUT2D eigenvalue weighted by Gasteiger charge is -2.30. The molecule has 2 rings (SSSR count). The Bertz CT molecular complexity index is 686. The van der Waals surface area contributed by atoms with Crippen LogP contribution in [0.2, 0.25) is 0 Å². The number of nitro benzene ring substituents is 1. The highest BCUT2D eigenvalue weighted by Crippen LogP contribution is 2.31. The van der Waals surface area contributed by atoms with Gasteiger partial charge in [-0.2, -0.15) is 0 Å². The third-order valence-electron chi connectivity index (χ3n) is 4.36. The first-order valence-electron chi connectivity index (χ1n) is 7.95. The maximum atomic E-state index is 11.8. The van der Waals surface area contributed by atoms with Crippen molar-refractivity contribution < 1.29 is 18.1 Å². The lowest BCUT2D eigenvalue weighted by Crippen LogP contribution is -2.33. The van der Waals surface area contributed by atoms with Crippen molar-refractivity contribution in [3.05, 3.63) is 28.3 Å². The van der Waals surface area contributed by atoms with Gasteiger partial charge in [0.2, 0.25) is 10.0 Å². The van der Waals surface area contributed by atoms with Crippen LogP contribution in [0.4, 0.5) is 11.4 Å². The average molecular weight is 357 g/mol. The SMILES string of the molecule is CC[C@@H](Nc1ccc(S(=O)(=O)NC)cc1[N+](=O)[O-])C1CCOCC1. The number of nitrogens with zero attached hydrogens (tertiary/aromatic N) is 1. The lowest BCUT2D eigenvalue weighted by atomic mass is 9.90. The maximum absolute atomic E-state index is 11.8. The Morgan fingerprint density at radius 2 is 2.04 bits per heavy atom. The summed E-state index contributed by atoms with van der Waals surface area (Å²) >= 11 is 0. The third kappa shape index (κ3) is 4.22. The zero-order valence-corrected chi connectivity index (χ0v) is 14.6. The Balaban J connectivity index is 2.30. The van der Waals surface area contributed by atoms with Crippen molar-refractivity contribution in [1.82, 2.24) is 4.72 Å². The minimum atomic E-state index is -3.72. The Hall–Kier alpha value is -1.71. The zero-order valence-electron chi connectivity index (χ0n) is 13.8. The molecule has 0 saturated carbocycles. The van der Waals surface area contributed by atoms with Crippen LogP contribution in [0, 0.1) is 16.0 Å². The van der Waals surface area contributed by atoms with Gasteiger partial charge in [-0.15, -0.1) is 0 Å². The van der Waals surface area contributed by atoms with Crippen LogP contribution in [-0.2, 0) is 14.8 Å². The Morgan fingerprint density at radius 3 is 2.58 bits per heavy atom. The predicted molar refractivity (Wildman–Crippen MR) is 90.6 cm³/mol. The lowest BCUT2D eigenvalue weighted by molar-refractivity contribution is -0.384. The van der Waals surface area contributed by atoms with Gasteiger partial charge in [0, 0.05) is 25.3 Å². The Labute approximate surface area is 141 Å². The fraction of sp³-hybridized carbons (Fsp3) is 0.600. The van der Waals surface area contributed by atoms with E-state index in [4.69, 9.17) is 4.74 Å². The van der Waals surface area contributed by atoms with Crippen LogP contribution >= 0.6 is 0 Å². The second-order valence-electron chi connectivity index (χ2n) is 5.75. The van der Waals surface area contributed by atoms with Crippen molar-refractivity contribution in [2.24, 2.45) is 5.92 Å². The summed E-state index contributed by atoms with van der Waals surface area (Å²) in [5, 5.41) is 14.6. The zero-order chi connectivity index (χ0) is 17.7. The van der Waals surface area contributed by atoms with Crippen LogP contribution in [0.1, 0.15) is 26.2 Å². The van der Waals surface area contributed by atoms with Crippen LogP contribution in [0.25, 0.3) is 0 Å². The number of anilines is 1. The molecule has 2 N–H and O–H groups in total. The minimum absolute atomic E-state index is 0.0827. The van der Waals surface area contributed by atoms with Gasteiger partial charge in [0.15, 0.2) is 0 Å². The summed E-state index contributed by atoms with van der Waals surface area (Å²) in [6, 6.07) is 4.01. The molecule has 8 nitrogen and oxygen atoms in total. The Morgan fingerprint density at radius 1 is 1.38 bits per heavy atom. The van der Waals surface area contributed by atoms with Crippen molar-refractivity contribution in [1.29, 1.82) is 0 Å². The molecule has 0 spiro atoms. The van der Waals surface area contributed by atoms with Crippen molar-refractivity contribution in [2.75, 3.05) is 25.6 Å². The Kier molecular flexibility index (Phi) is 6.14. The van der Waals surface area contributed by atoms with E-state index in [2.05, 4.69) is 10.0 Å². The predicted octanol–water partition coefficient (Wildman–Crippen LogP) is 2.12. The molecule has 1 aliphatic heterocycles. The van der Waals surface area contributed by atoms with E-state index in [-0.39, 0.29) is 16.6 Å². The molecule has 0 radical (unpaired) electrons. The molecule has 1 aromatic carbocycles. The van der Waals surface area contributed by atoms with Gasteiger partial charge in [0.25, 0.3) is 5.69 Å². The first-order chi connectivity index (χ1) is 11.4. The molecular weight excluding hydrogens is 334 g/mol. The van der Waals surface area contributed by atoms with E-state index in [0.29, 0.717) is 24.8 Å². The van der Waals surface area contributed by atoms with Crippen LogP contribution in [0.3, 0.4) is 0 Å². The highest BCUT2D eigenvalue weighted by Gasteiger charge is 2.26. The number of nitro groups is 1. The molecule has 0 aliphatic carbocycles. The quantitative estimate of drug-likeness (QED) is 0.571. The molecule has 1 aliphatic rings. The van der Waals surface area contributed by atoms with E-state index in [1.807, 2.05) is 6.92 Å². The van der Waals surface area contributed by atoms with Crippen LogP contribution in [0.5, 0.6) is 0 Å². The molecule has 0 amide bonds. The molecule has 1 heterocycles. The van der Waals surface area contributed by atoms with Crippen LogP contribution in [-0.4, -0.2) is 39.6 Å². The minimum Gasteiger partial charge on any atom is -0.381 e. The first-order valence-corrected chi connectivity index (χ1v) is 9.43. The average Bonchev–Trinajstić information content (AvgIpc) is 2.60. The largest absolute Gasteiger partial charge is 0.381 e. The molecule has 0 aromatic heterocycles. The monoisotopic (exact) mass is 357 g/mol. The van der Waals surface area contributed by atoms with Gasteiger partial charge in [-0.3, -0.25) is 10.1 Å². The second-order valence-corrected chi connectivity index (χ2v) is 7.64. The first kappa shape index (κ1) is 18.6. The number of hydrogen-bond donors (Lipinski definition) is 2.